The number of amides is 1. The molecule has 1 atom stereocenters. The number of carbonyl (C=O) groups is 1. The molecule has 3 aromatic rings. The van der Waals surface area contributed by atoms with Gasteiger partial charge in [-0.25, -0.2) is 13.8 Å². The van der Waals surface area contributed by atoms with E-state index in [0.29, 0.717) is 30.1 Å². The molecular weight excluding hydrogens is 400 g/mol. The maximum absolute atomic E-state index is 14.1. The largest absolute Gasteiger partial charge is 0.498 e. The van der Waals surface area contributed by atoms with Gasteiger partial charge in [-0.1, -0.05) is 17.4 Å². The molecule has 1 unspecified atom stereocenters. The Bertz CT molecular complexity index is 1000. The normalized spacial score (nSPS) is 16.6. The van der Waals surface area contributed by atoms with Gasteiger partial charge in [0, 0.05) is 12.8 Å². The minimum atomic E-state index is -0.822. The lowest BCUT2D eigenvalue weighted by molar-refractivity contribution is 0.0143. The van der Waals surface area contributed by atoms with Crippen LogP contribution in [-0.4, -0.2) is 33.8 Å². The molecule has 1 fully saturated rings. The zero-order valence-corrected chi connectivity index (χ0v) is 16.0. The molecule has 150 valence electrons. The van der Waals surface area contributed by atoms with E-state index in [1.54, 1.807) is 18.3 Å². The summed E-state index contributed by atoms with van der Waals surface area (Å²) in [4.78, 5) is 22.8. The van der Waals surface area contributed by atoms with E-state index in [2.05, 4.69) is 9.97 Å². The van der Waals surface area contributed by atoms with E-state index < -0.39 is 28.8 Å². The molecule has 1 N–H and O–H groups in total. The monoisotopic (exact) mass is 417 g/mol. The first-order valence-electron chi connectivity index (χ1n) is 9.05. The van der Waals surface area contributed by atoms with Crippen molar-refractivity contribution in [2.45, 2.75) is 25.5 Å². The molecule has 0 saturated carbocycles. The van der Waals surface area contributed by atoms with Crippen molar-refractivity contribution >= 4 is 22.9 Å². The van der Waals surface area contributed by atoms with Crippen LogP contribution in [-0.2, 0) is 4.74 Å². The summed E-state index contributed by atoms with van der Waals surface area (Å²) in [5.74, 6) is -2.27. The number of aromatic hydroxyl groups is 1. The summed E-state index contributed by atoms with van der Waals surface area (Å²) in [6.07, 6.45) is 4.92. The zero-order valence-electron chi connectivity index (χ0n) is 15.2. The number of benzene rings is 1. The standard InChI is InChI=1S/C20H17F2N3O3S/c21-13-6-3-7-14(22)16(13)18-24-17(20(27)29-18)19(26)25(12-5-4-9-23-11-12)15-8-1-2-10-28-15/h3-7,9,11,15,27H,1-2,8,10H2. The molecule has 0 spiro atoms. The molecule has 3 heterocycles. The van der Waals surface area contributed by atoms with Crippen molar-refractivity contribution in [3.63, 3.8) is 0 Å². The minimum absolute atomic E-state index is 0.114. The average molecular weight is 417 g/mol. The first kappa shape index (κ1) is 19.4. The van der Waals surface area contributed by atoms with Gasteiger partial charge in [0.05, 0.1) is 17.4 Å². The average Bonchev–Trinajstić information content (AvgIpc) is 3.11. The van der Waals surface area contributed by atoms with Crippen LogP contribution in [0.1, 0.15) is 29.8 Å². The first-order valence-corrected chi connectivity index (χ1v) is 9.87. The smallest absolute Gasteiger partial charge is 0.283 e. The van der Waals surface area contributed by atoms with Gasteiger partial charge in [-0.05, 0) is 43.5 Å². The molecule has 29 heavy (non-hydrogen) atoms. The van der Waals surface area contributed by atoms with Gasteiger partial charge < -0.3 is 9.84 Å². The van der Waals surface area contributed by atoms with Gasteiger partial charge in [0.2, 0.25) is 5.06 Å². The first-order chi connectivity index (χ1) is 14.1. The van der Waals surface area contributed by atoms with Gasteiger partial charge in [-0.2, -0.15) is 0 Å². The van der Waals surface area contributed by atoms with Gasteiger partial charge in [0.15, 0.2) is 5.69 Å². The summed E-state index contributed by atoms with van der Waals surface area (Å²) in [5, 5.41) is 9.81. The maximum Gasteiger partial charge on any atom is 0.283 e. The molecule has 6 nitrogen and oxygen atoms in total. The lowest BCUT2D eigenvalue weighted by Gasteiger charge is -2.33. The molecule has 0 aliphatic carbocycles. The number of ether oxygens (including phenoxy) is 1. The summed E-state index contributed by atoms with van der Waals surface area (Å²) in [7, 11) is 0. The fourth-order valence-corrected chi connectivity index (χ4v) is 4.06. The number of halogens is 2. The number of anilines is 1. The summed E-state index contributed by atoms with van der Waals surface area (Å²) in [6, 6.07) is 6.80. The fraction of sp³-hybridized carbons (Fsp3) is 0.250. The number of hydrogen-bond acceptors (Lipinski definition) is 6. The lowest BCUT2D eigenvalue weighted by Crippen LogP contribution is -2.44. The summed E-state index contributed by atoms with van der Waals surface area (Å²) in [5.41, 5.74) is -0.185. The Labute approximate surface area is 169 Å². The van der Waals surface area contributed by atoms with Crippen LogP contribution in [0.2, 0.25) is 0 Å². The van der Waals surface area contributed by atoms with Gasteiger partial charge in [0.25, 0.3) is 5.91 Å². The minimum Gasteiger partial charge on any atom is -0.498 e. The SMILES string of the molecule is O=C(c1nc(-c2c(F)cccc2F)sc1O)N(c1cccnc1)C1CCCCO1. The van der Waals surface area contributed by atoms with Crippen LogP contribution in [0.3, 0.4) is 0 Å². The Balaban J connectivity index is 1.74. The molecular formula is C20H17F2N3O3S. The second kappa shape index (κ2) is 8.22. The number of aromatic nitrogens is 2. The van der Waals surface area contributed by atoms with Crippen molar-refractivity contribution in [2.24, 2.45) is 0 Å². The molecule has 1 aromatic carbocycles. The Morgan fingerprint density at radius 1 is 1.21 bits per heavy atom. The van der Waals surface area contributed by atoms with Crippen molar-refractivity contribution in [1.82, 2.24) is 9.97 Å². The number of hydrogen-bond donors (Lipinski definition) is 1. The Kier molecular flexibility index (Phi) is 5.50. The third kappa shape index (κ3) is 3.83. The molecule has 2 aromatic heterocycles. The Hall–Kier alpha value is -2.91. The van der Waals surface area contributed by atoms with E-state index in [-0.39, 0.29) is 16.3 Å². The molecule has 1 saturated heterocycles. The van der Waals surface area contributed by atoms with Gasteiger partial charge in [-0.3, -0.25) is 14.7 Å². The van der Waals surface area contributed by atoms with Crippen LogP contribution in [0.4, 0.5) is 14.5 Å². The highest BCUT2D eigenvalue weighted by molar-refractivity contribution is 7.17. The van der Waals surface area contributed by atoms with Crippen LogP contribution in [0.15, 0.2) is 42.7 Å². The van der Waals surface area contributed by atoms with E-state index in [1.165, 1.54) is 17.2 Å². The lowest BCUT2D eigenvalue weighted by atomic mass is 10.1. The zero-order chi connectivity index (χ0) is 20.4. The quantitative estimate of drug-likeness (QED) is 0.683. The highest BCUT2D eigenvalue weighted by Crippen LogP contribution is 2.37. The molecule has 0 bridgehead atoms. The van der Waals surface area contributed by atoms with E-state index >= 15 is 0 Å². The van der Waals surface area contributed by atoms with Crippen LogP contribution >= 0.6 is 11.3 Å². The maximum atomic E-state index is 14.1. The van der Waals surface area contributed by atoms with Gasteiger partial charge in [-0.15, -0.1) is 0 Å². The van der Waals surface area contributed by atoms with Crippen molar-refractivity contribution in [1.29, 1.82) is 0 Å². The number of thiazole rings is 1. The second-order valence-corrected chi connectivity index (χ2v) is 7.45. The summed E-state index contributed by atoms with van der Waals surface area (Å²) in [6.45, 7) is 0.503. The summed E-state index contributed by atoms with van der Waals surface area (Å²) >= 11 is 0.644. The van der Waals surface area contributed by atoms with Crippen molar-refractivity contribution in [3.8, 4) is 15.6 Å². The van der Waals surface area contributed by atoms with E-state index in [1.807, 2.05) is 0 Å². The summed E-state index contributed by atoms with van der Waals surface area (Å²) < 4.78 is 34.0. The molecule has 4 rings (SSSR count). The van der Waals surface area contributed by atoms with Crippen LogP contribution in [0.5, 0.6) is 5.06 Å². The van der Waals surface area contributed by atoms with Gasteiger partial charge >= 0.3 is 0 Å². The third-order valence-electron chi connectivity index (χ3n) is 4.58. The second-order valence-electron chi connectivity index (χ2n) is 6.48. The Morgan fingerprint density at radius 3 is 2.66 bits per heavy atom. The molecule has 0 radical (unpaired) electrons. The molecule has 1 aliphatic heterocycles. The predicted octanol–water partition coefficient (Wildman–Crippen LogP) is 4.36. The number of carbonyl (C=O) groups excluding carboxylic acids is 1. The topological polar surface area (TPSA) is 75.5 Å². The van der Waals surface area contributed by atoms with Crippen LogP contribution in [0, 0.1) is 11.6 Å². The number of rotatable bonds is 4. The van der Waals surface area contributed by atoms with Crippen LogP contribution in [0.25, 0.3) is 10.6 Å². The van der Waals surface area contributed by atoms with Gasteiger partial charge in [0.1, 0.15) is 22.9 Å². The number of nitrogens with zero attached hydrogens (tertiary/aromatic N) is 3. The van der Waals surface area contributed by atoms with Crippen molar-refractivity contribution < 1.29 is 23.4 Å². The molecule has 9 heteroatoms. The van der Waals surface area contributed by atoms with Crippen molar-refractivity contribution in [3.05, 3.63) is 60.1 Å². The highest BCUT2D eigenvalue weighted by atomic mass is 32.1. The predicted molar refractivity (Wildman–Crippen MR) is 104 cm³/mol. The fourth-order valence-electron chi connectivity index (χ4n) is 3.21. The molecule has 1 amide bonds. The Morgan fingerprint density at radius 2 is 2.00 bits per heavy atom. The third-order valence-corrected chi connectivity index (χ3v) is 5.45. The number of pyridine rings is 1. The van der Waals surface area contributed by atoms with E-state index in [0.717, 1.165) is 25.0 Å². The van der Waals surface area contributed by atoms with Crippen molar-refractivity contribution in [2.75, 3.05) is 11.5 Å². The van der Waals surface area contributed by atoms with E-state index in [4.69, 9.17) is 4.74 Å². The molecule has 1 aliphatic rings. The van der Waals surface area contributed by atoms with Crippen LogP contribution < -0.4 is 4.90 Å². The van der Waals surface area contributed by atoms with E-state index in [9.17, 15) is 18.7 Å². The highest BCUT2D eigenvalue weighted by Gasteiger charge is 2.33.